The fourth-order valence-corrected chi connectivity index (χ4v) is 2.78. The summed E-state index contributed by atoms with van der Waals surface area (Å²) in [5.74, 6) is 0.765. The maximum atomic E-state index is 11.8. The number of rotatable bonds is 5. The van der Waals surface area contributed by atoms with E-state index in [0.29, 0.717) is 13.1 Å². The summed E-state index contributed by atoms with van der Waals surface area (Å²) in [6.07, 6.45) is 0.834. The maximum absolute atomic E-state index is 11.8. The summed E-state index contributed by atoms with van der Waals surface area (Å²) in [6.45, 7) is 2.91. The van der Waals surface area contributed by atoms with Gasteiger partial charge in [-0.2, -0.15) is 0 Å². The Bertz CT molecular complexity index is 450. The van der Waals surface area contributed by atoms with E-state index in [4.69, 9.17) is 0 Å². The van der Waals surface area contributed by atoms with Crippen LogP contribution in [0.1, 0.15) is 24.9 Å². The lowest BCUT2D eigenvalue weighted by Gasteiger charge is -2.23. The third-order valence-electron chi connectivity index (χ3n) is 3.12. The number of hydrogen-bond acceptors (Lipinski definition) is 3. The van der Waals surface area contributed by atoms with Crippen LogP contribution in [0.3, 0.4) is 0 Å². The summed E-state index contributed by atoms with van der Waals surface area (Å²) in [5.41, 5.74) is 1.15. The molecule has 1 aliphatic heterocycles. The molecule has 0 spiro atoms. The smallest absolute Gasteiger partial charge is 0.318 e. The second-order valence-electron chi connectivity index (χ2n) is 4.50. The van der Waals surface area contributed by atoms with Crippen LogP contribution in [-0.2, 0) is 4.79 Å². The molecule has 1 aliphatic rings. The normalized spacial score (nSPS) is 18.5. The van der Waals surface area contributed by atoms with Crippen LogP contribution in [0.15, 0.2) is 30.3 Å². The first-order chi connectivity index (χ1) is 9.18. The molecule has 5 heteroatoms. The van der Waals surface area contributed by atoms with Crippen molar-refractivity contribution in [2.45, 2.75) is 19.4 Å². The topological polar surface area (TPSA) is 49.4 Å². The van der Waals surface area contributed by atoms with Gasteiger partial charge in [-0.1, -0.05) is 42.1 Å². The van der Waals surface area contributed by atoms with E-state index in [1.807, 2.05) is 35.2 Å². The molecule has 1 unspecified atom stereocenters. The van der Waals surface area contributed by atoms with Crippen molar-refractivity contribution in [3.8, 4) is 0 Å². The van der Waals surface area contributed by atoms with Gasteiger partial charge < -0.3 is 10.2 Å². The molecule has 2 amide bonds. The number of nitrogens with one attached hydrogen (secondary N) is 1. The van der Waals surface area contributed by atoms with Crippen LogP contribution in [0.2, 0.25) is 0 Å². The molecule has 0 bridgehead atoms. The van der Waals surface area contributed by atoms with E-state index < -0.39 is 0 Å². The first-order valence-electron chi connectivity index (χ1n) is 6.41. The van der Waals surface area contributed by atoms with Crippen LogP contribution >= 0.6 is 11.8 Å². The standard InChI is InChI=1S/C14H18N2O2S/c1-11(17)19-9-5-8-16-13(10-15-14(16)18)12-6-3-2-4-7-12/h2-4,6-7,13H,5,8-10H2,1H3,(H,15,18). The molecular formula is C14H18N2O2S. The van der Waals surface area contributed by atoms with E-state index in [2.05, 4.69) is 5.32 Å². The van der Waals surface area contributed by atoms with E-state index in [-0.39, 0.29) is 17.2 Å². The van der Waals surface area contributed by atoms with E-state index >= 15 is 0 Å². The maximum Gasteiger partial charge on any atom is 0.318 e. The number of thioether (sulfide) groups is 1. The molecule has 0 aliphatic carbocycles. The summed E-state index contributed by atoms with van der Waals surface area (Å²) in [7, 11) is 0. The molecule has 1 saturated heterocycles. The summed E-state index contributed by atoms with van der Waals surface area (Å²) in [6, 6.07) is 10.1. The average molecular weight is 278 g/mol. The van der Waals surface area contributed by atoms with Gasteiger partial charge in [-0.3, -0.25) is 4.79 Å². The number of nitrogens with zero attached hydrogens (tertiary/aromatic N) is 1. The Morgan fingerprint density at radius 1 is 1.42 bits per heavy atom. The van der Waals surface area contributed by atoms with Gasteiger partial charge in [0, 0.05) is 25.8 Å². The van der Waals surface area contributed by atoms with Crippen LogP contribution in [0.5, 0.6) is 0 Å². The van der Waals surface area contributed by atoms with E-state index in [9.17, 15) is 9.59 Å². The molecule has 1 fully saturated rings. The number of amides is 2. The monoisotopic (exact) mass is 278 g/mol. The van der Waals surface area contributed by atoms with Gasteiger partial charge in [0.05, 0.1) is 6.04 Å². The Balaban J connectivity index is 1.93. The summed E-state index contributed by atoms with van der Waals surface area (Å²) < 4.78 is 0. The number of hydrogen-bond donors (Lipinski definition) is 1. The number of benzene rings is 1. The predicted octanol–water partition coefficient (Wildman–Crippen LogP) is 2.42. The molecule has 0 saturated carbocycles. The molecule has 102 valence electrons. The van der Waals surface area contributed by atoms with Crippen molar-refractivity contribution in [2.75, 3.05) is 18.8 Å². The van der Waals surface area contributed by atoms with Gasteiger partial charge in [0.25, 0.3) is 0 Å². The van der Waals surface area contributed by atoms with Gasteiger partial charge in [-0.05, 0) is 12.0 Å². The second kappa shape index (κ2) is 6.61. The van der Waals surface area contributed by atoms with Crippen LogP contribution in [0, 0.1) is 0 Å². The number of carbonyl (C=O) groups excluding carboxylic acids is 2. The number of carbonyl (C=O) groups is 2. The van der Waals surface area contributed by atoms with Crippen LogP contribution in [-0.4, -0.2) is 34.9 Å². The fraction of sp³-hybridized carbons (Fsp3) is 0.429. The van der Waals surface area contributed by atoms with Gasteiger partial charge in [0.15, 0.2) is 5.12 Å². The first-order valence-corrected chi connectivity index (χ1v) is 7.40. The SMILES string of the molecule is CC(=O)SCCCN1C(=O)NCC1c1ccccc1. The summed E-state index contributed by atoms with van der Waals surface area (Å²) in [4.78, 5) is 24.5. The minimum Gasteiger partial charge on any atom is -0.336 e. The van der Waals surface area contributed by atoms with Gasteiger partial charge in [0.1, 0.15) is 0 Å². The van der Waals surface area contributed by atoms with Gasteiger partial charge >= 0.3 is 6.03 Å². The molecule has 1 aromatic carbocycles. The molecular weight excluding hydrogens is 260 g/mol. The fourth-order valence-electron chi connectivity index (χ4n) is 2.22. The Hall–Kier alpha value is -1.49. The predicted molar refractivity (Wildman–Crippen MR) is 77.0 cm³/mol. The third-order valence-corrected chi connectivity index (χ3v) is 4.02. The summed E-state index contributed by atoms with van der Waals surface area (Å²) in [5, 5.41) is 3.01. The largest absolute Gasteiger partial charge is 0.336 e. The van der Waals surface area contributed by atoms with Crippen molar-refractivity contribution in [3.63, 3.8) is 0 Å². The third kappa shape index (κ3) is 3.73. The molecule has 2 rings (SSSR count). The van der Waals surface area contributed by atoms with Crippen molar-refractivity contribution in [1.29, 1.82) is 0 Å². The molecule has 1 heterocycles. The van der Waals surface area contributed by atoms with Crippen molar-refractivity contribution in [1.82, 2.24) is 10.2 Å². The lowest BCUT2D eigenvalue weighted by Crippen LogP contribution is -2.31. The molecule has 4 nitrogen and oxygen atoms in total. The van der Waals surface area contributed by atoms with E-state index in [0.717, 1.165) is 17.7 Å². The zero-order valence-corrected chi connectivity index (χ0v) is 11.8. The van der Waals surface area contributed by atoms with Crippen LogP contribution < -0.4 is 5.32 Å². The zero-order chi connectivity index (χ0) is 13.7. The zero-order valence-electron chi connectivity index (χ0n) is 11.0. The lowest BCUT2D eigenvalue weighted by molar-refractivity contribution is -0.109. The highest BCUT2D eigenvalue weighted by molar-refractivity contribution is 8.13. The van der Waals surface area contributed by atoms with E-state index in [1.54, 1.807) is 6.92 Å². The second-order valence-corrected chi connectivity index (χ2v) is 5.77. The minimum absolute atomic E-state index is 0.0123. The highest BCUT2D eigenvalue weighted by Gasteiger charge is 2.30. The van der Waals surface area contributed by atoms with Gasteiger partial charge in [-0.25, -0.2) is 4.79 Å². The summed E-state index contributed by atoms with van der Waals surface area (Å²) >= 11 is 1.32. The quantitative estimate of drug-likeness (QED) is 0.842. The molecule has 0 radical (unpaired) electrons. The highest BCUT2D eigenvalue weighted by Crippen LogP contribution is 2.24. The molecule has 19 heavy (non-hydrogen) atoms. The van der Waals surface area contributed by atoms with Crippen molar-refractivity contribution in [3.05, 3.63) is 35.9 Å². The lowest BCUT2D eigenvalue weighted by atomic mass is 10.1. The van der Waals surface area contributed by atoms with Gasteiger partial charge in [-0.15, -0.1) is 0 Å². The Morgan fingerprint density at radius 2 is 2.16 bits per heavy atom. The molecule has 1 atom stereocenters. The number of urea groups is 1. The first kappa shape index (κ1) is 13.9. The Morgan fingerprint density at radius 3 is 2.84 bits per heavy atom. The average Bonchev–Trinajstić information content (AvgIpc) is 2.77. The molecule has 1 N–H and O–H groups in total. The van der Waals surface area contributed by atoms with E-state index in [1.165, 1.54) is 11.8 Å². The molecule has 1 aromatic rings. The highest BCUT2D eigenvalue weighted by atomic mass is 32.2. The van der Waals surface area contributed by atoms with Crippen LogP contribution in [0.25, 0.3) is 0 Å². The molecule has 0 aromatic heterocycles. The minimum atomic E-state index is -0.0123. The van der Waals surface area contributed by atoms with Gasteiger partial charge in [0.2, 0.25) is 0 Å². The van der Waals surface area contributed by atoms with Crippen LogP contribution in [0.4, 0.5) is 4.79 Å². The Labute approximate surface area is 117 Å². The van der Waals surface area contributed by atoms with Crippen molar-refractivity contribution < 1.29 is 9.59 Å². The van der Waals surface area contributed by atoms with Crippen molar-refractivity contribution >= 4 is 22.9 Å². The Kier molecular flexibility index (Phi) is 4.85. The van der Waals surface area contributed by atoms with Crippen molar-refractivity contribution in [2.24, 2.45) is 0 Å².